The van der Waals surface area contributed by atoms with Gasteiger partial charge in [-0.15, -0.1) is 0 Å². The van der Waals surface area contributed by atoms with Crippen LogP contribution in [0.3, 0.4) is 0 Å². The van der Waals surface area contributed by atoms with Gasteiger partial charge in [0, 0.05) is 19.3 Å². The Morgan fingerprint density at radius 1 is 1.29 bits per heavy atom. The largest absolute Gasteiger partial charge is 0.374 e. The highest BCUT2D eigenvalue weighted by molar-refractivity contribution is 5.46. The van der Waals surface area contributed by atoms with Gasteiger partial charge in [-0.05, 0) is 30.0 Å². The first-order valence-corrected chi connectivity index (χ1v) is 6.34. The molecular formula is C15H22N2. The zero-order chi connectivity index (χ0) is 12.7. The quantitative estimate of drug-likeness (QED) is 0.746. The van der Waals surface area contributed by atoms with Crippen LogP contribution >= 0.6 is 0 Å². The zero-order valence-electron chi connectivity index (χ0n) is 11.1. The summed E-state index contributed by atoms with van der Waals surface area (Å²) in [5.74, 6) is 0.747. The van der Waals surface area contributed by atoms with E-state index in [4.69, 9.17) is 5.26 Å². The van der Waals surface area contributed by atoms with E-state index in [2.05, 4.69) is 49.1 Å². The highest BCUT2D eigenvalue weighted by Gasteiger charge is 2.03. The molecule has 0 aliphatic heterocycles. The lowest BCUT2D eigenvalue weighted by molar-refractivity contribution is 0.560. The van der Waals surface area contributed by atoms with E-state index in [9.17, 15) is 0 Å². The van der Waals surface area contributed by atoms with Gasteiger partial charge in [0.15, 0.2) is 0 Å². The van der Waals surface area contributed by atoms with Crippen LogP contribution in [0.1, 0.15) is 32.3 Å². The van der Waals surface area contributed by atoms with Crippen molar-refractivity contribution in [2.24, 2.45) is 5.92 Å². The fraction of sp³-hybridized carbons (Fsp3) is 0.533. The van der Waals surface area contributed by atoms with Crippen LogP contribution in [0.4, 0.5) is 5.69 Å². The smallest absolute Gasteiger partial charge is 0.0640 e. The van der Waals surface area contributed by atoms with Gasteiger partial charge >= 0.3 is 0 Å². The third-order valence-electron chi connectivity index (χ3n) is 3.22. The van der Waals surface area contributed by atoms with Crippen molar-refractivity contribution >= 4 is 5.69 Å². The van der Waals surface area contributed by atoms with E-state index >= 15 is 0 Å². The standard InChI is InChI=1S/C15H22N2/c1-4-13(2)12-14-6-8-15(9-7-14)17(3)11-5-10-16/h6-9,13H,4-5,11-12H2,1-3H3. The summed E-state index contributed by atoms with van der Waals surface area (Å²) in [5.41, 5.74) is 2.59. The Balaban J connectivity index is 2.58. The van der Waals surface area contributed by atoms with Gasteiger partial charge in [0.05, 0.1) is 12.5 Å². The average molecular weight is 230 g/mol. The maximum atomic E-state index is 8.56. The fourth-order valence-electron chi connectivity index (χ4n) is 1.78. The van der Waals surface area contributed by atoms with Crippen molar-refractivity contribution in [2.45, 2.75) is 33.1 Å². The van der Waals surface area contributed by atoms with Crippen LogP contribution in [0.2, 0.25) is 0 Å². The monoisotopic (exact) mass is 230 g/mol. The zero-order valence-corrected chi connectivity index (χ0v) is 11.1. The number of hydrogen-bond acceptors (Lipinski definition) is 2. The van der Waals surface area contributed by atoms with Gasteiger partial charge in [0.25, 0.3) is 0 Å². The molecule has 1 atom stereocenters. The van der Waals surface area contributed by atoms with Gasteiger partial charge < -0.3 is 4.90 Å². The predicted molar refractivity (Wildman–Crippen MR) is 73.1 cm³/mol. The number of nitrogens with zero attached hydrogens (tertiary/aromatic N) is 2. The Kier molecular flexibility index (Phi) is 5.56. The Morgan fingerprint density at radius 3 is 2.47 bits per heavy atom. The van der Waals surface area contributed by atoms with Crippen molar-refractivity contribution in [2.75, 3.05) is 18.5 Å². The first-order valence-electron chi connectivity index (χ1n) is 6.34. The Labute approximate surface area is 105 Å². The van der Waals surface area contributed by atoms with Crippen molar-refractivity contribution in [3.05, 3.63) is 29.8 Å². The molecule has 0 radical (unpaired) electrons. The minimum atomic E-state index is 0.575. The molecule has 0 heterocycles. The summed E-state index contributed by atoms with van der Waals surface area (Å²) < 4.78 is 0. The van der Waals surface area contributed by atoms with Crippen LogP contribution in [-0.2, 0) is 6.42 Å². The third-order valence-corrected chi connectivity index (χ3v) is 3.22. The van der Waals surface area contributed by atoms with Crippen LogP contribution in [0, 0.1) is 17.2 Å². The molecule has 0 saturated carbocycles. The van der Waals surface area contributed by atoms with E-state index in [1.165, 1.54) is 17.7 Å². The number of nitriles is 1. The molecule has 2 nitrogen and oxygen atoms in total. The van der Waals surface area contributed by atoms with E-state index in [-0.39, 0.29) is 0 Å². The van der Waals surface area contributed by atoms with E-state index in [0.29, 0.717) is 6.42 Å². The highest BCUT2D eigenvalue weighted by Crippen LogP contribution is 2.17. The van der Waals surface area contributed by atoms with E-state index in [1.54, 1.807) is 0 Å². The molecule has 0 aromatic heterocycles. The number of benzene rings is 1. The number of rotatable bonds is 6. The summed E-state index contributed by atoms with van der Waals surface area (Å²) in [6, 6.07) is 10.9. The molecule has 0 aliphatic rings. The second-order valence-corrected chi connectivity index (χ2v) is 4.71. The SMILES string of the molecule is CCC(C)Cc1ccc(N(C)CCC#N)cc1. The maximum Gasteiger partial charge on any atom is 0.0640 e. The maximum absolute atomic E-state index is 8.56. The molecule has 1 rings (SSSR count). The molecule has 0 spiro atoms. The summed E-state index contributed by atoms with van der Waals surface area (Å²) in [7, 11) is 2.03. The summed E-state index contributed by atoms with van der Waals surface area (Å²) in [5, 5.41) is 8.56. The molecular weight excluding hydrogens is 208 g/mol. The van der Waals surface area contributed by atoms with Gasteiger partial charge in [0.2, 0.25) is 0 Å². The van der Waals surface area contributed by atoms with Gasteiger partial charge in [-0.2, -0.15) is 5.26 Å². The van der Waals surface area contributed by atoms with Gasteiger partial charge in [0.1, 0.15) is 0 Å². The van der Waals surface area contributed by atoms with Crippen LogP contribution < -0.4 is 4.90 Å². The van der Waals surface area contributed by atoms with Crippen molar-refractivity contribution < 1.29 is 0 Å². The lowest BCUT2D eigenvalue weighted by Crippen LogP contribution is -2.17. The summed E-state index contributed by atoms with van der Waals surface area (Å²) in [6.07, 6.45) is 2.95. The molecule has 1 unspecified atom stereocenters. The number of hydrogen-bond donors (Lipinski definition) is 0. The lowest BCUT2D eigenvalue weighted by atomic mass is 9.99. The van der Waals surface area contributed by atoms with Gasteiger partial charge in [-0.1, -0.05) is 32.4 Å². The van der Waals surface area contributed by atoms with Crippen molar-refractivity contribution in [3.63, 3.8) is 0 Å². The predicted octanol–water partition coefficient (Wildman–Crippen LogP) is 3.63. The van der Waals surface area contributed by atoms with Crippen LogP contribution in [0.25, 0.3) is 0 Å². The fourth-order valence-corrected chi connectivity index (χ4v) is 1.78. The lowest BCUT2D eigenvalue weighted by Gasteiger charge is -2.18. The minimum Gasteiger partial charge on any atom is -0.374 e. The molecule has 17 heavy (non-hydrogen) atoms. The minimum absolute atomic E-state index is 0.575. The third kappa shape index (κ3) is 4.48. The summed E-state index contributed by atoms with van der Waals surface area (Å²) in [6.45, 7) is 5.31. The second kappa shape index (κ2) is 6.96. The topological polar surface area (TPSA) is 27.0 Å². The normalized spacial score (nSPS) is 11.9. The molecule has 0 bridgehead atoms. The number of anilines is 1. The first-order chi connectivity index (χ1) is 8.17. The van der Waals surface area contributed by atoms with Crippen LogP contribution in [0.5, 0.6) is 0 Å². The molecule has 92 valence electrons. The van der Waals surface area contributed by atoms with Crippen LogP contribution in [0.15, 0.2) is 24.3 Å². The first kappa shape index (κ1) is 13.6. The molecule has 0 saturated heterocycles. The second-order valence-electron chi connectivity index (χ2n) is 4.71. The van der Waals surface area contributed by atoms with Crippen molar-refractivity contribution in [1.82, 2.24) is 0 Å². The Hall–Kier alpha value is -1.49. The summed E-state index contributed by atoms with van der Waals surface area (Å²) >= 11 is 0. The van der Waals surface area contributed by atoms with E-state index in [0.717, 1.165) is 18.9 Å². The van der Waals surface area contributed by atoms with Crippen LogP contribution in [-0.4, -0.2) is 13.6 Å². The van der Waals surface area contributed by atoms with E-state index < -0.39 is 0 Å². The van der Waals surface area contributed by atoms with Crippen molar-refractivity contribution in [3.8, 4) is 6.07 Å². The Morgan fingerprint density at radius 2 is 1.94 bits per heavy atom. The highest BCUT2D eigenvalue weighted by atomic mass is 15.1. The molecule has 2 heteroatoms. The Bertz CT molecular complexity index is 362. The molecule has 0 aliphatic carbocycles. The molecule has 0 N–H and O–H groups in total. The average Bonchev–Trinajstić information content (AvgIpc) is 2.36. The molecule has 0 fully saturated rings. The summed E-state index contributed by atoms with van der Waals surface area (Å²) in [4.78, 5) is 2.12. The van der Waals surface area contributed by atoms with Crippen molar-refractivity contribution in [1.29, 1.82) is 5.26 Å². The van der Waals surface area contributed by atoms with Gasteiger partial charge in [-0.25, -0.2) is 0 Å². The molecule has 1 aromatic carbocycles. The van der Waals surface area contributed by atoms with Gasteiger partial charge in [-0.3, -0.25) is 0 Å². The molecule has 1 aromatic rings. The molecule has 0 amide bonds. The van der Waals surface area contributed by atoms with E-state index in [1.807, 2.05) is 7.05 Å².